The highest BCUT2D eigenvalue weighted by molar-refractivity contribution is 6.30. The molecule has 1 aliphatic heterocycles. The van der Waals surface area contributed by atoms with Crippen LogP contribution in [0.2, 0.25) is 5.02 Å². The summed E-state index contributed by atoms with van der Waals surface area (Å²) in [6.45, 7) is 5.15. The molecular formula is C20H24Cl2N2O2. The fourth-order valence-corrected chi connectivity index (χ4v) is 3.86. The van der Waals surface area contributed by atoms with Gasteiger partial charge in [0.1, 0.15) is 12.2 Å². The maximum Gasteiger partial charge on any atom is 0.331 e. The van der Waals surface area contributed by atoms with Crippen LogP contribution in [0.5, 0.6) is 0 Å². The molecular weight excluding hydrogens is 371 g/mol. The zero-order valence-corrected chi connectivity index (χ0v) is 16.5. The second-order valence-corrected chi connectivity index (χ2v) is 7.01. The third-order valence-corrected chi connectivity index (χ3v) is 4.88. The predicted molar refractivity (Wildman–Crippen MR) is 99.2 cm³/mol. The van der Waals surface area contributed by atoms with E-state index in [1.54, 1.807) is 6.92 Å². The highest BCUT2D eigenvalue weighted by Gasteiger charge is 2.37. The molecule has 4 nitrogen and oxygen atoms in total. The second-order valence-electron chi connectivity index (χ2n) is 6.58. The number of β-amino-alcohol motifs (C(OH)–C–C–N with tert-alkyl or cyclic N) is 1. The molecule has 3 atom stereocenters. The summed E-state index contributed by atoms with van der Waals surface area (Å²) < 4.78 is 0. The first-order chi connectivity index (χ1) is 12.0. The largest absolute Gasteiger partial charge is 1.00 e. The van der Waals surface area contributed by atoms with Crippen LogP contribution < -0.4 is 17.3 Å². The van der Waals surface area contributed by atoms with Gasteiger partial charge in [-0.25, -0.2) is 9.69 Å². The molecule has 0 radical (unpaired) electrons. The van der Waals surface area contributed by atoms with Crippen LogP contribution in [0.25, 0.3) is 0 Å². The Morgan fingerprint density at radius 2 is 1.96 bits per heavy atom. The molecule has 2 N–H and O–H groups in total. The number of aliphatic hydroxyl groups excluding tert-OH is 1. The molecule has 0 aliphatic carbocycles. The average molecular weight is 395 g/mol. The number of rotatable bonds is 4. The molecule has 0 bridgehead atoms. The molecule has 26 heavy (non-hydrogen) atoms. The second kappa shape index (κ2) is 8.98. The van der Waals surface area contributed by atoms with Gasteiger partial charge in [-0.15, -0.1) is 0 Å². The van der Waals surface area contributed by atoms with Crippen molar-refractivity contribution in [3.8, 4) is 0 Å². The van der Waals surface area contributed by atoms with E-state index in [0.717, 1.165) is 21.7 Å². The molecule has 0 spiro atoms. The Hall–Kier alpha value is -1.43. The third-order valence-electron chi connectivity index (χ3n) is 4.65. The van der Waals surface area contributed by atoms with E-state index >= 15 is 0 Å². The lowest BCUT2D eigenvalue weighted by atomic mass is 9.95. The van der Waals surface area contributed by atoms with Crippen molar-refractivity contribution in [2.75, 3.05) is 19.6 Å². The number of benzene rings is 2. The number of nitrogens with zero attached hydrogens (tertiary/aromatic N) is 1. The number of carbonyl (C=O) groups excluding carboxylic acids is 1. The smallest absolute Gasteiger partial charge is 0.331 e. The minimum Gasteiger partial charge on any atom is -1.00 e. The van der Waals surface area contributed by atoms with Gasteiger partial charge in [0, 0.05) is 23.2 Å². The number of aliphatic hydroxyl groups is 1. The van der Waals surface area contributed by atoms with Crippen molar-refractivity contribution in [1.29, 1.82) is 0 Å². The molecule has 1 aliphatic rings. The highest BCUT2D eigenvalue weighted by atomic mass is 35.5. The van der Waals surface area contributed by atoms with Gasteiger partial charge in [-0.05, 0) is 31.5 Å². The molecule has 0 fully saturated rings. The maximum atomic E-state index is 12.9. The average Bonchev–Trinajstić information content (AvgIpc) is 2.68. The van der Waals surface area contributed by atoms with Crippen LogP contribution in [0.4, 0.5) is 5.69 Å². The van der Waals surface area contributed by atoms with Crippen molar-refractivity contribution < 1.29 is 27.2 Å². The standard InChI is InChI=1S/C20H23ClN2O2.ClH/c1-3-23-18-10-9-16(21)11-17(18)20(15-7-5-4-6-8-15)22(12-14(2)24)13-19(23)25;/h4-11,14,20,24H,3,12-13H2,1-2H3;1H. The first-order valence-electron chi connectivity index (χ1n) is 8.67. The van der Waals surface area contributed by atoms with Crippen LogP contribution in [0.15, 0.2) is 48.5 Å². The van der Waals surface area contributed by atoms with Gasteiger partial charge in [-0.2, -0.15) is 0 Å². The highest BCUT2D eigenvalue weighted by Crippen LogP contribution is 2.35. The number of halogens is 2. The van der Waals surface area contributed by atoms with Gasteiger partial charge in [-0.1, -0.05) is 41.9 Å². The van der Waals surface area contributed by atoms with E-state index in [4.69, 9.17) is 11.6 Å². The number of fused-ring (bicyclic) bond motifs is 1. The summed E-state index contributed by atoms with van der Waals surface area (Å²) in [6.07, 6.45) is -0.523. The summed E-state index contributed by atoms with van der Waals surface area (Å²) in [5, 5.41) is 10.6. The number of carbonyl (C=O) groups is 1. The predicted octanol–water partition coefficient (Wildman–Crippen LogP) is -0.807. The Kier molecular flexibility index (Phi) is 7.21. The summed E-state index contributed by atoms with van der Waals surface area (Å²) in [5.74, 6) is 0.116. The van der Waals surface area contributed by atoms with Gasteiger partial charge >= 0.3 is 5.91 Å². The van der Waals surface area contributed by atoms with Crippen molar-refractivity contribution in [3.05, 3.63) is 64.7 Å². The lowest BCUT2D eigenvalue weighted by Gasteiger charge is -2.30. The van der Waals surface area contributed by atoms with E-state index < -0.39 is 6.10 Å². The van der Waals surface area contributed by atoms with Crippen LogP contribution >= 0.6 is 11.6 Å². The lowest BCUT2D eigenvalue weighted by Crippen LogP contribution is -3.10. The van der Waals surface area contributed by atoms with Crippen molar-refractivity contribution in [1.82, 2.24) is 4.90 Å². The van der Waals surface area contributed by atoms with Crippen molar-refractivity contribution >= 4 is 23.2 Å². The summed E-state index contributed by atoms with van der Waals surface area (Å²) in [4.78, 5) is 15.8. The van der Waals surface area contributed by atoms with E-state index in [1.165, 1.54) is 0 Å². The number of hydrogen-bond acceptors (Lipinski definition) is 3. The molecule has 1 amide bonds. The number of hydrogen-bond donors (Lipinski definition) is 2. The molecule has 2 aromatic carbocycles. The monoisotopic (exact) mass is 394 g/mol. The van der Waals surface area contributed by atoms with Crippen LogP contribution in [0.3, 0.4) is 0 Å². The van der Waals surface area contributed by atoms with Crippen LogP contribution in [0, 0.1) is 0 Å². The molecule has 6 heteroatoms. The number of amides is 1. The quantitative estimate of drug-likeness (QED) is 0.712. The van der Waals surface area contributed by atoms with Gasteiger partial charge in [0.2, 0.25) is 0 Å². The molecule has 2 aromatic rings. The van der Waals surface area contributed by atoms with Gasteiger partial charge in [0.05, 0.1) is 18.7 Å². The van der Waals surface area contributed by atoms with Crippen molar-refractivity contribution in [3.63, 3.8) is 0 Å². The summed E-state index contributed by atoms with van der Waals surface area (Å²) in [7, 11) is 0. The molecule has 140 valence electrons. The van der Waals surface area contributed by atoms with Crippen LogP contribution in [-0.4, -0.2) is 41.7 Å². The summed E-state index contributed by atoms with van der Waals surface area (Å²) in [5.41, 5.74) is 3.10. The first kappa shape index (κ1) is 20.9. The molecule has 0 saturated carbocycles. The Bertz CT molecular complexity index is 753. The third kappa shape index (κ3) is 4.27. The van der Waals surface area contributed by atoms with E-state index in [1.807, 2.05) is 43.3 Å². The Balaban J connectivity index is 0.00000243. The first-order valence-corrected chi connectivity index (χ1v) is 9.05. The SMILES string of the molecule is CC[NH+]1C(=O)CN(CC(C)O)C(c2ccccc2)c2cc(Cl)ccc21.[Cl-]. The molecule has 0 aromatic heterocycles. The minimum atomic E-state index is -0.523. The topological polar surface area (TPSA) is 45.0 Å². The van der Waals surface area contributed by atoms with Crippen LogP contribution in [-0.2, 0) is 4.79 Å². The van der Waals surface area contributed by atoms with E-state index in [9.17, 15) is 9.90 Å². The van der Waals surface area contributed by atoms with Gasteiger partial charge in [0.15, 0.2) is 0 Å². The van der Waals surface area contributed by atoms with Gasteiger partial charge < -0.3 is 17.5 Å². The van der Waals surface area contributed by atoms with E-state index in [0.29, 0.717) is 24.7 Å². The number of quaternary nitrogens is 1. The van der Waals surface area contributed by atoms with Crippen LogP contribution in [0.1, 0.15) is 31.0 Å². The zero-order chi connectivity index (χ0) is 18.0. The Morgan fingerprint density at radius 3 is 2.58 bits per heavy atom. The van der Waals surface area contributed by atoms with E-state index in [-0.39, 0.29) is 24.4 Å². The summed E-state index contributed by atoms with van der Waals surface area (Å²) >= 11 is 6.30. The number of likely N-dealkylation sites (N-methyl/N-ethyl adjacent to an activating group) is 1. The normalized spacial score (nSPS) is 21.5. The van der Waals surface area contributed by atoms with Gasteiger partial charge in [0.25, 0.3) is 0 Å². The maximum absolute atomic E-state index is 12.9. The molecule has 3 unspecified atom stereocenters. The molecule has 3 rings (SSSR count). The number of nitrogens with one attached hydrogen (secondary N) is 1. The summed E-state index contributed by atoms with van der Waals surface area (Å²) in [6, 6.07) is 15.7. The Labute approximate surface area is 165 Å². The molecule has 1 heterocycles. The Morgan fingerprint density at radius 1 is 1.27 bits per heavy atom. The zero-order valence-electron chi connectivity index (χ0n) is 15.0. The van der Waals surface area contributed by atoms with Crippen molar-refractivity contribution in [2.45, 2.75) is 26.0 Å². The van der Waals surface area contributed by atoms with Gasteiger partial charge in [-0.3, -0.25) is 4.90 Å². The van der Waals surface area contributed by atoms with E-state index in [2.05, 4.69) is 17.0 Å². The fraction of sp³-hybridized carbons (Fsp3) is 0.350. The molecule has 0 saturated heterocycles. The fourth-order valence-electron chi connectivity index (χ4n) is 3.68. The minimum absolute atomic E-state index is 0. The van der Waals surface area contributed by atoms with Crippen molar-refractivity contribution in [2.24, 2.45) is 0 Å². The lowest BCUT2D eigenvalue weighted by molar-refractivity contribution is -0.746.